The predicted molar refractivity (Wildman–Crippen MR) is 76.1 cm³/mol. The van der Waals surface area contributed by atoms with Crippen LogP contribution in [0.5, 0.6) is 0 Å². The van der Waals surface area contributed by atoms with Crippen LogP contribution in [0.3, 0.4) is 0 Å². The van der Waals surface area contributed by atoms with E-state index in [0.717, 1.165) is 15.1 Å². The predicted octanol–water partition coefficient (Wildman–Crippen LogP) is 3.81. The molecule has 0 nitrogen and oxygen atoms in total. The lowest BCUT2D eigenvalue weighted by Gasteiger charge is -2.32. The van der Waals surface area contributed by atoms with Gasteiger partial charge in [-0.05, 0) is 6.42 Å². The summed E-state index contributed by atoms with van der Waals surface area (Å²) < 4.78 is 0.900. The van der Waals surface area contributed by atoms with Gasteiger partial charge in [0.2, 0.25) is 0 Å². The molecular formula is C10H18S4. The van der Waals surface area contributed by atoms with Crippen LogP contribution in [0.1, 0.15) is 19.8 Å². The first-order valence-electron chi connectivity index (χ1n) is 5.35. The molecule has 2 aliphatic rings. The van der Waals surface area contributed by atoms with Gasteiger partial charge in [0, 0.05) is 33.5 Å². The molecule has 2 heterocycles. The first-order valence-corrected chi connectivity index (χ1v) is 9.54. The zero-order valence-corrected chi connectivity index (χ0v) is 11.9. The highest BCUT2D eigenvalue weighted by atomic mass is 32.2. The standard InChI is InChI=1S/C10H18S4/c1-2-3-10(13-8-4-11-5-8)14-9-6-12-7-9/h8-10H,2-7H2,1H3. The van der Waals surface area contributed by atoms with Crippen molar-refractivity contribution >= 4 is 47.0 Å². The van der Waals surface area contributed by atoms with Crippen LogP contribution < -0.4 is 0 Å². The van der Waals surface area contributed by atoms with E-state index in [1.165, 1.54) is 35.9 Å². The third-order valence-electron chi connectivity index (χ3n) is 2.43. The van der Waals surface area contributed by atoms with Gasteiger partial charge in [-0.25, -0.2) is 0 Å². The summed E-state index contributed by atoms with van der Waals surface area (Å²) in [4.78, 5) is 0. The maximum Gasteiger partial charge on any atom is 0.0509 e. The molecule has 4 heteroatoms. The third-order valence-corrected chi connectivity index (χ3v) is 9.01. The number of hydrogen-bond acceptors (Lipinski definition) is 4. The van der Waals surface area contributed by atoms with Gasteiger partial charge in [-0.2, -0.15) is 23.5 Å². The Balaban J connectivity index is 1.67. The molecule has 0 aromatic heterocycles. The van der Waals surface area contributed by atoms with Crippen LogP contribution in [-0.2, 0) is 0 Å². The van der Waals surface area contributed by atoms with Crippen LogP contribution in [0.15, 0.2) is 0 Å². The fraction of sp³-hybridized carbons (Fsp3) is 1.00. The van der Waals surface area contributed by atoms with Crippen molar-refractivity contribution in [2.45, 2.75) is 34.8 Å². The van der Waals surface area contributed by atoms with E-state index >= 15 is 0 Å². The monoisotopic (exact) mass is 266 g/mol. The average Bonchev–Trinajstić information content (AvgIpc) is 2.03. The Morgan fingerprint density at radius 3 is 1.86 bits per heavy atom. The fourth-order valence-electron chi connectivity index (χ4n) is 1.42. The molecule has 2 fully saturated rings. The van der Waals surface area contributed by atoms with E-state index in [1.807, 2.05) is 0 Å². The van der Waals surface area contributed by atoms with Crippen LogP contribution in [0.25, 0.3) is 0 Å². The van der Waals surface area contributed by atoms with Crippen molar-refractivity contribution in [2.24, 2.45) is 0 Å². The summed E-state index contributed by atoms with van der Waals surface area (Å²) in [5.74, 6) is 5.63. The highest BCUT2D eigenvalue weighted by Crippen LogP contribution is 2.42. The second kappa shape index (κ2) is 6.21. The van der Waals surface area contributed by atoms with Crippen LogP contribution >= 0.6 is 47.0 Å². The Kier molecular flexibility index (Phi) is 5.27. The Bertz CT molecular complexity index is 150. The van der Waals surface area contributed by atoms with E-state index in [1.54, 1.807) is 0 Å². The third kappa shape index (κ3) is 3.46. The molecule has 2 saturated heterocycles. The SMILES string of the molecule is CCCC(SC1CSC1)SC1CSC1. The van der Waals surface area contributed by atoms with Crippen molar-refractivity contribution in [3.8, 4) is 0 Å². The maximum atomic E-state index is 2.32. The molecule has 2 aliphatic heterocycles. The van der Waals surface area contributed by atoms with E-state index < -0.39 is 0 Å². The molecule has 0 aromatic carbocycles. The molecule has 0 amide bonds. The van der Waals surface area contributed by atoms with Crippen molar-refractivity contribution in [2.75, 3.05) is 23.0 Å². The van der Waals surface area contributed by atoms with Crippen molar-refractivity contribution in [1.82, 2.24) is 0 Å². The Hall–Kier alpha value is 1.40. The smallest absolute Gasteiger partial charge is 0.0509 e. The summed E-state index contributed by atoms with van der Waals surface area (Å²) >= 11 is 8.75. The molecule has 82 valence electrons. The second-order valence-corrected chi connectivity index (χ2v) is 9.27. The minimum atomic E-state index is 0.900. The fourth-order valence-corrected chi connectivity index (χ4v) is 7.49. The summed E-state index contributed by atoms with van der Waals surface area (Å²) in [6, 6.07) is 0. The lowest BCUT2D eigenvalue weighted by Crippen LogP contribution is -2.27. The topological polar surface area (TPSA) is 0 Å². The summed E-state index contributed by atoms with van der Waals surface area (Å²) in [6.07, 6.45) is 2.77. The number of hydrogen-bond donors (Lipinski definition) is 0. The summed E-state index contributed by atoms with van der Waals surface area (Å²) in [7, 11) is 0. The van der Waals surface area contributed by atoms with E-state index in [-0.39, 0.29) is 0 Å². The minimum Gasteiger partial charge on any atom is -0.160 e. The zero-order chi connectivity index (χ0) is 9.80. The summed E-state index contributed by atoms with van der Waals surface area (Å²) in [6.45, 7) is 2.32. The molecule has 0 aromatic rings. The van der Waals surface area contributed by atoms with Gasteiger partial charge in [-0.1, -0.05) is 13.3 Å². The molecule has 0 atom stereocenters. The van der Waals surface area contributed by atoms with E-state index in [9.17, 15) is 0 Å². The van der Waals surface area contributed by atoms with Gasteiger partial charge >= 0.3 is 0 Å². The summed E-state index contributed by atoms with van der Waals surface area (Å²) in [5.41, 5.74) is 0. The maximum absolute atomic E-state index is 2.32. The van der Waals surface area contributed by atoms with Crippen LogP contribution in [0.2, 0.25) is 0 Å². The Labute approximate surface area is 105 Å². The molecule has 0 N–H and O–H groups in total. The highest BCUT2D eigenvalue weighted by molar-refractivity contribution is 8.20. The van der Waals surface area contributed by atoms with Crippen molar-refractivity contribution in [3.63, 3.8) is 0 Å². The first-order chi connectivity index (χ1) is 6.88. The van der Waals surface area contributed by atoms with Crippen LogP contribution in [0.4, 0.5) is 0 Å². The largest absolute Gasteiger partial charge is 0.160 e. The molecule has 2 rings (SSSR count). The Morgan fingerprint density at radius 2 is 1.57 bits per heavy atom. The minimum absolute atomic E-state index is 0.900. The van der Waals surface area contributed by atoms with Crippen molar-refractivity contribution in [1.29, 1.82) is 0 Å². The molecule has 0 aliphatic carbocycles. The van der Waals surface area contributed by atoms with Gasteiger partial charge in [-0.15, -0.1) is 23.5 Å². The highest BCUT2D eigenvalue weighted by Gasteiger charge is 2.27. The van der Waals surface area contributed by atoms with Crippen LogP contribution in [-0.4, -0.2) is 38.1 Å². The van der Waals surface area contributed by atoms with E-state index in [2.05, 4.69) is 54.0 Å². The normalized spacial score (nSPS) is 23.6. The molecule has 0 spiro atoms. The van der Waals surface area contributed by atoms with Gasteiger partial charge in [0.25, 0.3) is 0 Å². The number of thioether (sulfide) groups is 4. The Morgan fingerprint density at radius 1 is 1.07 bits per heavy atom. The average molecular weight is 267 g/mol. The van der Waals surface area contributed by atoms with Gasteiger partial charge in [-0.3, -0.25) is 0 Å². The molecule has 0 saturated carbocycles. The van der Waals surface area contributed by atoms with Crippen LogP contribution in [0, 0.1) is 0 Å². The van der Waals surface area contributed by atoms with Gasteiger partial charge in [0.15, 0.2) is 0 Å². The van der Waals surface area contributed by atoms with Crippen molar-refractivity contribution < 1.29 is 0 Å². The van der Waals surface area contributed by atoms with E-state index in [4.69, 9.17) is 0 Å². The van der Waals surface area contributed by atoms with E-state index in [0.29, 0.717) is 0 Å². The lowest BCUT2D eigenvalue weighted by atomic mass is 10.4. The molecule has 0 bridgehead atoms. The molecule has 0 radical (unpaired) electrons. The second-order valence-electron chi connectivity index (χ2n) is 3.81. The summed E-state index contributed by atoms with van der Waals surface area (Å²) in [5, 5.41) is 1.97. The molecule has 14 heavy (non-hydrogen) atoms. The van der Waals surface area contributed by atoms with Crippen molar-refractivity contribution in [3.05, 3.63) is 0 Å². The zero-order valence-electron chi connectivity index (χ0n) is 8.61. The quantitative estimate of drug-likeness (QED) is 0.670. The lowest BCUT2D eigenvalue weighted by molar-refractivity contribution is 0.861. The van der Waals surface area contributed by atoms with Gasteiger partial charge in [0.05, 0.1) is 4.58 Å². The van der Waals surface area contributed by atoms with Gasteiger partial charge < -0.3 is 0 Å². The number of rotatable bonds is 6. The molecule has 0 unspecified atom stereocenters. The molecular weight excluding hydrogens is 248 g/mol. The van der Waals surface area contributed by atoms with Gasteiger partial charge in [0.1, 0.15) is 0 Å². The first kappa shape index (κ1) is 11.9.